The molecule has 3 N–H and O–H groups in total. The molecule has 1 aliphatic rings. The second-order valence-corrected chi connectivity index (χ2v) is 5.76. The predicted octanol–water partition coefficient (Wildman–Crippen LogP) is 1.21. The van der Waals surface area contributed by atoms with Crippen LogP contribution in [0.1, 0.15) is 26.2 Å². The lowest BCUT2D eigenvalue weighted by Crippen LogP contribution is -2.50. The molecule has 0 bridgehead atoms. The largest absolute Gasteiger partial charge is 0.348 e. The van der Waals surface area contributed by atoms with Crippen LogP contribution in [-0.4, -0.2) is 53.4 Å². The highest BCUT2D eigenvalue weighted by atomic mass is 35.5. The van der Waals surface area contributed by atoms with Gasteiger partial charge in [-0.25, -0.2) is 8.78 Å². The third-order valence-electron chi connectivity index (χ3n) is 3.07. The van der Waals surface area contributed by atoms with Crippen LogP contribution in [0.3, 0.4) is 0 Å². The third kappa shape index (κ3) is 6.36. The van der Waals surface area contributed by atoms with Crippen molar-refractivity contribution in [2.24, 2.45) is 5.73 Å². The summed E-state index contributed by atoms with van der Waals surface area (Å²) in [6.07, 6.45) is 2.05. The Morgan fingerprint density at radius 2 is 2.14 bits per heavy atom. The number of nitrogens with one attached hydrogen (secondary N) is 1. The van der Waals surface area contributed by atoms with Gasteiger partial charge in [0.2, 0.25) is 11.8 Å². The number of nitrogens with two attached hydrogens (primary N) is 1. The van der Waals surface area contributed by atoms with Gasteiger partial charge in [-0.3, -0.25) is 9.59 Å². The Balaban J connectivity index is 0.00000400. The molecule has 0 aromatic heterocycles. The number of hydrogen-bond acceptors (Lipinski definition) is 4. The zero-order valence-electron chi connectivity index (χ0n) is 11.9. The number of rotatable bonds is 7. The van der Waals surface area contributed by atoms with E-state index in [4.69, 9.17) is 5.73 Å². The Labute approximate surface area is 133 Å². The number of carbonyl (C=O) groups is 2. The van der Waals surface area contributed by atoms with Gasteiger partial charge in [0.25, 0.3) is 5.92 Å². The molecule has 2 amide bonds. The van der Waals surface area contributed by atoms with Gasteiger partial charge in [0, 0.05) is 12.2 Å². The van der Waals surface area contributed by atoms with E-state index in [-0.39, 0.29) is 18.3 Å². The molecule has 1 saturated heterocycles. The van der Waals surface area contributed by atoms with Gasteiger partial charge in [0.1, 0.15) is 6.04 Å². The molecular weight excluding hydrogens is 324 g/mol. The van der Waals surface area contributed by atoms with Gasteiger partial charge >= 0.3 is 0 Å². The molecule has 1 rings (SSSR count). The van der Waals surface area contributed by atoms with Crippen molar-refractivity contribution in [1.82, 2.24) is 10.2 Å². The van der Waals surface area contributed by atoms with E-state index in [9.17, 15) is 18.4 Å². The maximum absolute atomic E-state index is 13.0. The van der Waals surface area contributed by atoms with E-state index in [1.54, 1.807) is 0 Å². The first-order chi connectivity index (χ1) is 9.41. The molecule has 124 valence electrons. The van der Waals surface area contributed by atoms with Gasteiger partial charge in [-0.1, -0.05) is 13.3 Å². The number of amides is 2. The van der Waals surface area contributed by atoms with Crippen LogP contribution in [0, 0.1) is 0 Å². The van der Waals surface area contributed by atoms with E-state index in [0.717, 1.165) is 12.8 Å². The number of hydrogen-bond donors (Lipinski definition) is 2. The Kier molecular flexibility index (Phi) is 9.15. The topological polar surface area (TPSA) is 75.4 Å². The highest BCUT2D eigenvalue weighted by Crippen LogP contribution is 2.22. The average molecular weight is 346 g/mol. The smallest absolute Gasteiger partial charge is 0.277 e. The Morgan fingerprint density at radius 3 is 2.71 bits per heavy atom. The summed E-state index contributed by atoms with van der Waals surface area (Å²) in [5.41, 5.74) is 4.91. The Morgan fingerprint density at radius 1 is 1.48 bits per heavy atom. The van der Waals surface area contributed by atoms with E-state index in [2.05, 4.69) is 5.32 Å². The average Bonchev–Trinajstić information content (AvgIpc) is 2.91. The Bertz CT molecular complexity index is 361. The molecule has 1 atom stereocenters. The van der Waals surface area contributed by atoms with E-state index in [1.165, 1.54) is 16.7 Å². The number of halogens is 3. The minimum absolute atomic E-state index is 0. The summed E-state index contributed by atoms with van der Waals surface area (Å²) in [4.78, 5) is 25.3. The lowest BCUT2D eigenvalue weighted by atomic mass is 10.2. The molecule has 9 heteroatoms. The van der Waals surface area contributed by atoms with Crippen molar-refractivity contribution in [2.75, 3.05) is 24.7 Å². The lowest BCUT2D eigenvalue weighted by molar-refractivity contribution is -0.138. The van der Waals surface area contributed by atoms with Crippen molar-refractivity contribution in [2.45, 2.75) is 38.2 Å². The molecule has 0 aromatic carbocycles. The molecule has 21 heavy (non-hydrogen) atoms. The quantitative estimate of drug-likeness (QED) is 0.727. The van der Waals surface area contributed by atoms with Gasteiger partial charge in [0.05, 0.1) is 19.0 Å². The molecule has 0 aliphatic carbocycles. The molecule has 0 saturated carbocycles. The molecule has 1 heterocycles. The number of carbonyl (C=O) groups excluding carboxylic acids is 2. The van der Waals surface area contributed by atoms with Crippen molar-refractivity contribution in [3.05, 3.63) is 0 Å². The van der Waals surface area contributed by atoms with Crippen molar-refractivity contribution in [3.63, 3.8) is 0 Å². The summed E-state index contributed by atoms with van der Waals surface area (Å²) >= 11 is 1.45. The van der Waals surface area contributed by atoms with Crippen molar-refractivity contribution >= 4 is 36.0 Å². The molecule has 0 aromatic rings. The summed E-state index contributed by atoms with van der Waals surface area (Å²) < 4.78 is 26.0. The number of nitrogens with zero attached hydrogens (tertiary/aromatic N) is 1. The number of unbranched alkanes of at least 4 members (excludes halogenated alkanes) is 1. The molecule has 5 nitrogen and oxygen atoms in total. The normalized spacial score (nSPS) is 18.3. The summed E-state index contributed by atoms with van der Waals surface area (Å²) in [5.74, 6) is -2.86. The predicted molar refractivity (Wildman–Crippen MR) is 81.7 cm³/mol. The zero-order chi connectivity index (χ0) is 15.2. The SMILES string of the molecule is CCCCC(=O)N1CSCC1C(=O)NCC(F)(F)CN.Cl. The van der Waals surface area contributed by atoms with Crippen molar-refractivity contribution in [3.8, 4) is 0 Å². The maximum atomic E-state index is 13.0. The first-order valence-corrected chi connectivity index (χ1v) is 7.79. The van der Waals surface area contributed by atoms with Crippen LogP contribution in [0.4, 0.5) is 8.78 Å². The van der Waals surface area contributed by atoms with Gasteiger partial charge in [-0.15, -0.1) is 24.2 Å². The highest BCUT2D eigenvalue weighted by molar-refractivity contribution is 7.99. The minimum atomic E-state index is -3.11. The zero-order valence-corrected chi connectivity index (χ0v) is 13.6. The third-order valence-corrected chi connectivity index (χ3v) is 4.08. The summed E-state index contributed by atoms with van der Waals surface area (Å²) in [5, 5.41) is 2.18. The standard InChI is InChI=1S/C12H21F2N3O2S.ClH/c1-2-3-4-10(18)17-8-20-5-9(17)11(19)16-7-12(13,14)6-15;/h9H,2-8,15H2,1H3,(H,16,19);1H. The van der Waals surface area contributed by atoms with E-state index < -0.39 is 31.0 Å². The van der Waals surface area contributed by atoms with Gasteiger partial charge < -0.3 is 16.0 Å². The molecule has 1 fully saturated rings. The van der Waals surface area contributed by atoms with Gasteiger partial charge in [0.15, 0.2) is 0 Å². The highest BCUT2D eigenvalue weighted by Gasteiger charge is 2.36. The van der Waals surface area contributed by atoms with Crippen LogP contribution < -0.4 is 11.1 Å². The first kappa shape index (κ1) is 20.4. The summed E-state index contributed by atoms with van der Waals surface area (Å²) in [6, 6.07) is -0.655. The van der Waals surface area contributed by atoms with Crippen LogP contribution >= 0.6 is 24.2 Å². The molecule has 1 aliphatic heterocycles. The first-order valence-electron chi connectivity index (χ1n) is 6.64. The van der Waals surface area contributed by atoms with Crippen LogP contribution in [0.5, 0.6) is 0 Å². The van der Waals surface area contributed by atoms with Crippen LogP contribution in [0.15, 0.2) is 0 Å². The monoisotopic (exact) mass is 345 g/mol. The van der Waals surface area contributed by atoms with Gasteiger partial charge in [-0.2, -0.15) is 0 Å². The van der Waals surface area contributed by atoms with Crippen LogP contribution in [0.25, 0.3) is 0 Å². The van der Waals surface area contributed by atoms with Crippen LogP contribution in [0.2, 0.25) is 0 Å². The van der Waals surface area contributed by atoms with E-state index in [1.807, 2.05) is 6.92 Å². The van der Waals surface area contributed by atoms with E-state index in [0.29, 0.717) is 18.1 Å². The fraction of sp³-hybridized carbons (Fsp3) is 0.833. The second-order valence-electron chi connectivity index (χ2n) is 4.76. The summed E-state index contributed by atoms with van der Waals surface area (Å²) in [6.45, 7) is 0.372. The van der Waals surface area contributed by atoms with Crippen molar-refractivity contribution in [1.29, 1.82) is 0 Å². The second kappa shape index (κ2) is 9.42. The number of alkyl halides is 2. The Hall–Kier alpha value is -0.600. The fourth-order valence-electron chi connectivity index (χ4n) is 1.78. The van der Waals surface area contributed by atoms with Gasteiger partial charge in [-0.05, 0) is 6.42 Å². The maximum Gasteiger partial charge on any atom is 0.277 e. The summed E-state index contributed by atoms with van der Waals surface area (Å²) in [7, 11) is 0. The molecule has 0 spiro atoms. The van der Waals surface area contributed by atoms with Crippen LogP contribution in [-0.2, 0) is 9.59 Å². The van der Waals surface area contributed by atoms with E-state index >= 15 is 0 Å². The number of thioether (sulfide) groups is 1. The molecule has 0 radical (unpaired) electrons. The minimum Gasteiger partial charge on any atom is -0.348 e. The molecular formula is C12H22ClF2N3O2S. The lowest BCUT2D eigenvalue weighted by Gasteiger charge is -2.24. The van der Waals surface area contributed by atoms with Crippen molar-refractivity contribution < 1.29 is 18.4 Å². The molecule has 1 unspecified atom stereocenters. The fourth-order valence-corrected chi connectivity index (χ4v) is 2.96.